The van der Waals surface area contributed by atoms with Crippen molar-refractivity contribution in [3.05, 3.63) is 82.6 Å². The van der Waals surface area contributed by atoms with Crippen molar-refractivity contribution in [2.24, 2.45) is 0 Å². The molecule has 1 N–H and O–H groups in total. The van der Waals surface area contributed by atoms with Crippen molar-refractivity contribution in [3.63, 3.8) is 0 Å². The minimum atomic E-state index is -0.396. The van der Waals surface area contributed by atoms with Crippen LogP contribution in [0.1, 0.15) is 11.5 Å². The Morgan fingerprint density at radius 3 is 2.50 bits per heavy atom. The molecule has 0 amide bonds. The van der Waals surface area contributed by atoms with E-state index in [1.165, 1.54) is 0 Å². The Labute approximate surface area is 126 Å². The highest BCUT2D eigenvalue weighted by Gasteiger charge is 2.02. The zero-order valence-electron chi connectivity index (χ0n) is 11.6. The Morgan fingerprint density at radius 2 is 1.68 bits per heavy atom. The molecule has 0 aliphatic carbocycles. The number of para-hydroxylation sites is 1. The molecule has 1 heterocycles. The summed E-state index contributed by atoms with van der Waals surface area (Å²) in [6.45, 7) is 0. The van der Waals surface area contributed by atoms with Crippen LogP contribution in [-0.2, 0) is 0 Å². The second-order valence-corrected chi connectivity index (χ2v) is 4.67. The third-order valence-corrected chi connectivity index (χ3v) is 3.08. The summed E-state index contributed by atoms with van der Waals surface area (Å²) in [6, 6.07) is 13.9. The number of hydrogen-bond acceptors (Lipinski definition) is 4. The Balaban J connectivity index is 1.80. The van der Waals surface area contributed by atoms with E-state index in [-0.39, 0.29) is 11.6 Å². The first-order chi connectivity index (χ1) is 10.7. The van der Waals surface area contributed by atoms with Gasteiger partial charge in [0.25, 0.3) is 0 Å². The largest absolute Gasteiger partial charge is 0.508 e. The van der Waals surface area contributed by atoms with Crippen LogP contribution >= 0.6 is 0 Å². The number of aromatic hydroxyl groups is 1. The van der Waals surface area contributed by atoms with Crippen LogP contribution in [0.3, 0.4) is 0 Å². The maximum absolute atomic E-state index is 11.8. The van der Waals surface area contributed by atoms with Gasteiger partial charge < -0.3 is 9.52 Å². The van der Waals surface area contributed by atoms with E-state index < -0.39 is 5.63 Å². The zero-order chi connectivity index (χ0) is 15.4. The summed E-state index contributed by atoms with van der Waals surface area (Å²) in [6.07, 6.45) is 7.05. The number of allylic oxidation sites excluding steroid dienone is 2. The highest BCUT2D eigenvalue weighted by molar-refractivity contribution is 5.77. The van der Waals surface area contributed by atoms with E-state index in [1.54, 1.807) is 54.6 Å². The smallest absolute Gasteiger partial charge is 0.347 e. The predicted molar refractivity (Wildman–Crippen MR) is 86.5 cm³/mol. The van der Waals surface area contributed by atoms with E-state index >= 15 is 0 Å². The number of benzene rings is 2. The first-order valence-electron chi connectivity index (χ1n) is 6.76. The Morgan fingerprint density at radius 1 is 0.955 bits per heavy atom. The summed E-state index contributed by atoms with van der Waals surface area (Å²) < 4.78 is 5.14. The fraction of sp³-hybridized carbons (Fsp3) is 0. The van der Waals surface area contributed by atoms with Crippen LogP contribution in [0.25, 0.3) is 23.1 Å². The summed E-state index contributed by atoms with van der Waals surface area (Å²) in [5.74, 6) is 0.494. The minimum Gasteiger partial charge on any atom is -0.508 e. The van der Waals surface area contributed by atoms with Gasteiger partial charge in [0.1, 0.15) is 5.75 Å². The molecule has 0 spiro atoms. The van der Waals surface area contributed by atoms with Gasteiger partial charge in [-0.15, -0.1) is 0 Å². The predicted octanol–water partition coefficient (Wildman–Crippen LogP) is 3.62. The topological polar surface area (TPSA) is 63.3 Å². The fourth-order valence-corrected chi connectivity index (χ4v) is 2.00. The van der Waals surface area contributed by atoms with E-state index in [1.807, 2.05) is 18.2 Å². The second-order valence-electron chi connectivity index (χ2n) is 4.67. The maximum Gasteiger partial charge on any atom is 0.347 e. The average Bonchev–Trinajstić information content (AvgIpc) is 2.53. The van der Waals surface area contributed by atoms with E-state index in [2.05, 4.69) is 4.98 Å². The van der Waals surface area contributed by atoms with Gasteiger partial charge in [-0.2, -0.15) is 0 Å². The highest BCUT2D eigenvalue weighted by atomic mass is 16.4. The van der Waals surface area contributed by atoms with Crippen LogP contribution in [0.5, 0.6) is 5.75 Å². The molecule has 0 atom stereocenters. The van der Waals surface area contributed by atoms with Gasteiger partial charge in [-0.3, -0.25) is 0 Å². The van der Waals surface area contributed by atoms with Gasteiger partial charge in [0.05, 0.1) is 10.9 Å². The van der Waals surface area contributed by atoms with Crippen molar-refractivity contribution in [2.75, 3.05) is 0 Å². The molecule has 0 unspecified atom stereocenters. The summed E-state index contributed by atoms with van der Waals surface area (Å²) in [5.41, 5.74) is 1.17. The molecule has 108 valence electrons. The van der Waals surface area contributed by atoms with E-state index in [4.69, 9.17) is 4.42 Å². The number of phenols is 1. The van der Waals surface area contributed by atoms with Crippen molar-refractivity contribution < 1.29 is 9.52 Å². The van der Waals surface area contributed by atoms with Crippen LogP contribution in [0, 0.1) is 0 Å². The van der Waals surface area contributed by atoms with Crippen molar-refractivity contribution in [2.45, 2.75) is 0 Å². The van der Waals surface area contributed by atoms with E-state index in [0.717, 1.165) is 5.56 Å². The Bertz CT molecular complexity index is 906. The number of phenolic OH excluding ortho intramolecular Hbond substituents is 1. The van der Waals surface area contributed by atoms with Crippen molar-refractivity contribution in [1.29, 1.82) is 0 Å². The number of nitrogens with zero attached hydrogens (tertiary/aromatic N) is 1. The molecule has 0 radical (unpaired) electrons. The molecule has 3 rings (SSSR count). The van der Waals surface area contributed by atoms with Crippen molar-refractivity contribution in [1.82, 2.24) is 4.98 Å². The van der Waals surface area contributed by atoms with Crippen LogP contribution in [-0.4, -0.2) is 10.1 Å². The molecular weight excluding hydrogens is 278 g/mol. The van der Waals surface area contributed by atoms with Crippen LogP contribution in [0.15, 0.2) is 69.9 Å². The standard InChI is InChI=1S/C18H13NO3/c20-14-11-9-13(10-12-14)5-1-4-8-17-19-16-7-3-2-6-15(16)18(21)22-17/h1-12,20H. The average molecular weight is 291 g/mol. The van der Waals surface area contributed by atoms with Gasteiger partial charge >= 0.3 is 5.63 Å². The minimum absolute atomic E-state index is 0.231. The second kappa shape index (κ2) is 6.10. The van der Waals surface area contributed by atoms with Crippen molar-refractivity contribution in [3.8, 4) is 5.75 Å². The lowest BCUT2D eigenvalue weighted by molar-refractivity contribution is 0.475. The first-order valence-corrected chi connectivity index (χ1v) is 6.76. The quantitative estimate of drug-likeness (QED) is 0.749. The van der Waals surface area contributed by atoms with Gasteiger partial charge in [-0.05, 0) is 29.8 Å². The number of rotatable bonds is 3. The molecule has 4 heteroatoms. The molecule has 1 aromatic heterocycles. The molecule has 0 aliphatic heterocycles. The number of hydrogen-bond donors (Lipinski definition) is 1. The first kappa shape index (κ1) is 13.8. The molecule has 0 fully saturated rings. The highest BCUT2D eigenvalue weighted by Crippen LogP contribution is 2.11. The third kappa shape index (κ3) is 3.12. The van der Waals surface area contributed by atoms with Gasteiger partial charge in [0.2, 0.25) is 5.89 Å². The molecular formula is C18H13NO3. The summed E-state index contributed by atoms with van der Waals surface area (Å²) in [5, 5.41) is 9.67. The van der Waals surface area contributed by atoms with E-state index in [0.29, 0.717) is 10.9 Å². The van der Waals surface area contributed by atoms with Crippen molar-refractivity contribution >= 4 is 23.1 Å². The van der Waals surface area contributed by atoms with E-state index in [9.17, 15) is 9.90 Å². The fourth-order valence-electron chi connectivity index (χ4n) is 2.00. The molecule has 4 nitrogen and oxygen atoms in total. The van der Waals surface area contributed by atoms with Gasteiger partial charge in [-0.25, -0.2) is 9.78 Å². The molecule has 0 saturated heterocycles. The summed E-state index contributed by atoms with van der Waals surface area (Å²) in [4.78, 5) is 16.1. The Hall–Kier alpha value is -3.14. The lowest BCUT2D eigenvalue weighted by Crippen LogP contribution is -2.02. The Kier molecular flexibility index (Phi) is 3.83. The molecule has 0 bridgehead atoms. The monoisotopic (exact) mass is 291 g/mol. The van der Waals surface area contributed by atoms with Gasteiger partial charge in [0.15, 0.2) is 0 Å². The third-order valence-electron chi connectivity index (χ3n) is 3.08. The number of aromatic nitrogens is 1. The molecule has 2 aromatic carbocycles. The summed E-state index contributed by atoms with van der Waals surface area (Å²) >= 11 is 0. The number of fused-ring (bicyclic) bond motifs is 1. The normalized spacial score (nSPS) is 11.6. The molecule has 3 aromatic rings. The van der Waals surface area contributed by atoms with Crippen LogP contribution in [0.2, 0.25) is 0 Å². The van der Waals surface area contributed by atoms with Gasteiger partial charge in [-0.1, -0.05) is 42.5 Å². The van der Waals surface area contributed by atoms with Gasteiger partial charge in [0, 0.05) is 6.08 Å². The molecule has 0 saturated carbocycles. The lowest BCUT2D eigenvalue weighted by atomic mass is 10.2. The zero-order valence-corrected chi connectivity index (χ0v) is 11.6. The molecule has 0 aliphatic rings. The SMILES string of the molecule is O=c1oc(C=CC=Cc2ccc(O)cc2)nc2ccccc12. The van der Waals surface area contributed by atoms with Crippen LogP contribution < -0.4 is 5.63 Å². The van der Waals surface area contributed by atoms with Crippen LogP contribution in [0.4, 0.5) is 0 Å². The lowest BCUT2D eigenvalue weighted by Gasteiger charge is -1.96. The maximum atomic E-state index is 11.8. The molecule has 22 heavy (non-hydrogen) atoms. The summed E-state index contributed by atoms with van der Waals surface area (Å²) in [7, 11) is 0.